The number of rotatable bonds is 4. The van der Waals surface area contributed by atoms with Crippen molar-refractivity contribution in [3.63, 3.8) is 0 Å². The molecule has 164 valence electrons. The first-order valence-electron chi connectivity index (χ1n) is 10.9. The van der Waals surface area contributed by atoms with E-state index in [1.807, 2.05) is 6.92 Å². The minimum absolute atomic E-state index is 0.148. The number of halogens is 1. The summed E-state index contributed by atoms with van der Waals surface area (Å²) in [7, 11) is -3.12. The number of ether oxygens (including phenoxy) is 1. The second-order valence-electron chi connectivity index (χ2n) is 9.25. The number of nitrogens with zero attached hydrogens (tertiary/aromatic N) is 2. The molecule has 1 saturated carbocycles. The molecule has 1 aliphatic carbocycles. The largest absolute Gasteiger partial charge is 0.370 e. The van der Waals surface area contributed by atoms with Crippen molar-refractivity contribution in [1.29, 1.82) is 0 Å². The highest BCUT2D eigenvalue weighted by Crippen LogP contribution is 2.37. The third-order valence-corrected chi connectivity index (χ3v) is 9.43. The van der Waals surface area contributed by atoms with Gasteiger partial charge in [-0.15, -0.1) is 0 Å². The normalized spacial score (nSPS) is 31.2. The highest BCUT2D eigenvalue weighted by atomic mass is 32.2. The molecule has 1 aromatic rings. The summed E-state index contributed by atoms with van der Waals surface area (Å²) < 4.78 is 46.8. The Morgan fingerprint density at radius 1 is 1.17 bits per heavy atom. The molecule has 3 heterocycles. The molecule has 2 N–H and O–H groups in total. The first-order valence-corrected chi connectivity index (χ1v) is 12.4. The van der Waals surface area contributed by atoms with Crippen LogP contribution in [0.3, 0.4) is 0 Å². The molecule has 0 bridgehead atoms. The summed E-state index contributed by atoms with van der Waals surface area (Å²) in [5, 5.41) is -0.148. The molecule has 0 amide bonds. The van der Waals surface area contributed by atoms with Crippen LogP contribution < -0.4 is 5.73 Å². The van der Waals surface area contributed by atoms with Gasteiger partial charge in [0.05, 0.1) is 18.0 Å². The van der Waals surface area contributed by atoms with Crippen LogP contribution in [-0.2, 0) is 14.8 Å². The van der Waals surface area contributed by atoms with Gasteiger partial charge in [0.15, 0.2) is 0 Å². The average molecular weight is 436 g/mol. The molecule has 0 spiro atoms. The molecule has 3 aliphatic heterocycles. The zero-order valence-corrected chi connectivity index (χ0v) is 18.2. The first-order chi connectivity index (χ1) is 14.3. The van der Waals surface area contributed by atoms with Gasteiger partial charge in [-0.3, -0.25) is 4.90 Å². The highest BCUT2D eigenvalue weighted by molar-refractivity contribution is 7.90. The summed E-state index contributed by atoms with van der Waals surface area (Å²) in [6, 6.07) is 4.76. The second-order valence-corrected chi connectivity index (χ2v) is 11.5. The molecular weight excluding hydrogens is 405 g/mol. The van der Waals surface area contributed by atoms with Gasteiger partial charge in [0.1, 0.15) is 5.82 Å². The van der Waals surface area contributed by atoms with Crippen molar-refractivity contribution < 1.29 is 17.5 Å². The summed E-state index contributed by atoms with van der Waals surface area (Å²) in [5.41, 5.74) is 10.9. The number of hydrogen-bond donors (Lipinski definition) is 1. The summed E-state index contributed by atoms with van der Waals surface area (Å²) in [5.74, 6) is -0.268. The lowest BCUT2D eigenvalue weighted by Crippen LogP contribution is -2.49. The van der Waals surface area contributed by atoms with E-state index >= 15 is 0 Å². The van der Waals surface area contributed by atoms with Crippen molar-refractivity contribution in [2.75, 3.05) is 32.8 Å². The second kappa shape index (κ2) is 7.67. The van der Waals surface area contributed by atoms with E-state index in [-0.39, 0.29) is 29.3 Å². The van der Waals surface area contributed by atoms with E-state index in [4.69, 9.17) is 10.5 Å². The van der Waals surface area contributed by atoms with Gasteiger partial charge in [0, 0.05) is 38.3 Å². The van der Waals surface area contributed by atoms with Gasteiger partial charge in [-0.2, -0.15) is 4.31 Å². The van der Waals surface area contributed by atoms with Gasteiger partial charge in [-0.05, 0) is 61.4 Å². The van der Waals surface area contributed by atoms with Crippen molar-refractivity contribution >= 4 is 10.0 Å². The Balaban J connectivity index is 1.22. The molecule has 0 unspecified atom stereocenters. The van der Waals surface area contributed by atoms with Crippen LogP contribution in [0.1, 0.15) is 42.9 Å². The molecule has 5 rings (SSSR count). The van der Waals surface area contributed by atoms with Crippen molar-refractivity contribution in [2.45, 2.75) is 56.0 Å². The fraction of sp³-hybridized carbons (Fsp3) is 0.636. The Kier molecular flexibility index (Phi) is 5.26. The predicted molar refractivity (Wildman–Crippen MR) is 113 cm³/mol. The monoisotopic (exact) mass is 435 g/mol. The molecule has 4 aliphatic rings. The van der Waals surface area contributed by atoms with Crippen molar-refractivity contribution in [2.24, 2.45) is 5.73 Å². The molecule has 6 nitrogen and oxygen atoms in total. The van der Waals surface area contributed by atoms with Crippen LogP contribution in [0.15, 0.2) is 29.3 Å². The zero-order valence-electron chi connectivity index (χ0n) is 17.4. The van der Waals surface area contributed by atoms with Crippen molar-refractivity contribution in [3.05, 3.63) is 46.3 Å². The summed E-state index contributed by atoms with van der Waals surface area (Å²) in [6.45, 7) is 5.31. The third kappa shape index (κ3) is 3.73. The van der Waals surface area contributed by atoms with E-state index in [0.29, 0.717) is 19.7 Å². The van der Waals surface area contributed by atoms with E-state index in [1.165, 1.54) is 23.3 Å². The fourth-order valence-electron chi connectivity index (χ4n) is 5.13. The lowest BCUT2D eigenvalue weighted by atomic mass is 9.91. The molecule has 8 heteroatoms. The fourth-order valence-corrected chi connectivity index (χ4v) is 6.96. The molecule has 3 atom stereocenters. The van der Waals surface area contributed by atoms with Crippen molar-refractivity contribution in [1.82, 2.24) is 9.21 Å². The van der Waals surface area contributed by atoms with E-state index in [2.05, 4.69) is 4.90 Å². The third-order valence-electron chi connectivity index (χ3n) is 7.09. The van der Waals surface area contributed by atoms with Gasteiger partial charge < -0.3 is 10.5 Å². The molecule has 2 fully saturated rings. The zero-order chi connectivity index (χ0) is 21.0. The van der Waals surface area contributed by atoms with Gasteiger partial charge in [-0.25, -0.2) is 12.8 Å². The lowest BCUT2D eigenvalue weighted by Gasteiger charge is -2.39. The van der Waals surface area contributed by atoms with E-state index in [1.54, 1.807) is 10.4 Å². The van der Waals surface area contributed by atoms with Crippen LogP contribution in [0.25, 0.3) is 0 Å². The van der Waals surface area contributed by atoms with Crippen LogP contribution in [0.4, 0.5) is 4.39 Å². The van der Waals surface area contributed by atoms with Gasteiger partial charge in [-0.1, -0.05) is 11.6 Å². The Morgan fingerprint density at radius 3 is 2.67 bits per heavy atom. The lowest BCUT2D eigenvalue weighted by molar-refractivity contribution is -0.0453. The minimum atomic E-state index is -3.12. The summed E-state index contributed by atoms with van der Waals surface area (Å²) in [6.07, 6.45) is 2.93. The molecule has 0 radical (unpaired) electrons. The van der Waals surface area contributed by atoms with Crippen LogP contribution >= 0.6 is 0 Å². The number of nitrogens with two attached hydrogens (primary N) is 1. The topological polar surface area (TPSA) is 75.9 Å². The van der Waals surface area contributed by atoms with Crippen LogP contribution in [-0.4, -0.2) is 67.7 Å². The van der Waals surface area contributed by atoms with Gasteiger partial charge in [0.2, 0.25) is 10.0 Å². The van der Waals surface area contributed by atoms with Crippen LogP contribution in [0, 0.1) is 12.7 Å². The quantitative estimate of drug-likeness (QED) is 0.733. The van der Waals surface area contributed by atoms with Gasteiger partial charge >= 0.3 is 0 Å². The number of hydrogen-bond acceptors (Lipinski definition) is 5. The van der Waals surface area contributed by atoms with Crippen LogP contribution in [0.5, 0.6) is 0 Å². The Bertz CT molecular complexity index is 976. The standard InChI is InChI=1S/C22H30FN3O3S/c1-14-2-3-17(23)8-20(14)22-21(24)9-18(13-29-22)25-10-15-6-7-26(12-16(15)11-25)30(27,28)19-4-5-19/h2-3,8,18-19,21-22H,4-7,9-13,24H2,1H3/t18-,21+,22-/m0/s1. The molecule has 1 aromatic carbocycles. The summed E-state index contributed by atoms with van der Waals surface area (Å²) >= 11 is 0. The Hall–Kier alpha value is -1.32. The maximum absolute atomic E-state index is 13.7. The Labute approximate surface area is 177 Å². The molecule has 1 saturated heterocycles. The maximum Gasteiger partial charge on any atom is 0.217 e. The summed E-state index contributed by atoms with van der Waals surface area (Å²) in [4.78, 5) is 2.38. The smallest absolute Gasteiger partial charge is 0.217 e. The maximum atomic E-state index is 13.7. The first kappa shape index (κ1) is 20.6. The minimum Gasteiger partial charge on any atom is -0.370 e. The predicted octanol–water partition coefficient (Wildman–Crippen LogP) is 2.10. The van der Waals surface area contributed by atoms with Gasteiger partial charge in [0.25, 0.3) is 0 Å². The number of aryl methyl sites for hydroxylation is 1. The number of benzene rings is 1. The molecular formula is C22H30FN3O3S. The van der Waals surface area contributed by atoms with E-state index in [9.17, 15) is 12.8 Å². The SMILES string of the molecule is Cc1ccc(F)cc1[C@@H]1OC[C@@H](N2CC3=C(C2)CN(S(=O)(=O)C2CC2)CC3)C[C@H]1N. The van der Waals surface area contributed by atoms with Crippen molar-refractivity contribution in [3.8, 4) is 0 Å². The molecule has 30 heavy (non-hydrogen) atoms. The van der Waals surface area contributed by atoms with E-state index < -0.39 is 10.0 Å². The number of sulfonamides is 1. The average Bonchev–Trinajstić information content (AvgIpc) is 3.49. The Morgan fingerprint density at radius 2 is 1.93 bits per heavy atom. The van der Waals surface area contributed by atoms with E-state index in [0.717, 1.165) is 49.9 Å². The highest BCUT2D eigenvalue weighted by Gasteiger charge is 2.43. The molecule has 0 aromatic heterocycles. The van der Waals surface area contributed by atoms with Crippen LogP contribution in [0.2, 0.25) is 0 Å².